The number of carbonyl (C=O) groups is 2. The molecule has 0 atom stereocenters. The van der Waals surface area contributed by atoms with Gasteiger partial charge in [0.25, 0.3) is 5.91 Å². The average molecular weight is 344 g/mol. The highest BCUT2D eigenvalue weighted by Gasteiger charge is 2.22. The van der Waals surface area contributed by atoms with E-state index in [4.69, 9.17) is 0 Å². The van der Waals surface area contributed by atoms with Crippen molar-refractivity contribution < 1.29 is 14.7 Å². The van der Waals surface area contributed by atoms with E-state index in [0.717, 1.165) is 56.9 Å². The molecular weight excluding hydrogens is 316 g/mol. The molecule has 5 nitrogen and oxygen atoms in total. The van der Waals surface area contributed by atoms with Gasteiger partial charge in [0.2, 0.25) is 5.91 Å². The highest BCUT2D eigenvalue weighted by molar-refractivity contribution is 5.94. The summed E-state index contributed by atoms with van der Waals surface area (Å²) in [7, 11) is 0. The SMILES string of the molecule is O=C(NC1CCC(O)CC1)c1ccc(CNC(=O)C2CCCC2)cc1. The van der Waals surface area contributed by atoms with E-state index in [0.29, 0.717) is 12.1 Å². The lowest BCUT2D eigenvalue weighted by Gasteiger charge is -2.26. The number of benzene rings is 1. The Kier molecular flexibility index (Phi) is 6.08. The molecule has 2 aliphatic rings. The molecule has 25 heavy (non-hydrogen) atoms. The first-order valence-corrected chi connectivity index (χ1v) is 9.47. The first kappa shape index (κ1) is 17.9. The molecule has 0 aromatic heterocycles. The van der Waals surface area contributed by atoms with E-state index in [-0.39, 0.29) is 29.9 Å². The Labute approximate surface area is 149 Å². The van der Waals surface area contributed by atoms with Crippen molar-refractivity contribution in [2.75, 3.05) is 0 Å². The monoisotopic (exact) mass is 344 g/mol. The minimum atomic E-state index is -0.216. The van der Waals surface area contributed by atoms with Crippen LogP contribution in [0.5, 0.6) is 0 Å². The van der Waals surface area contributed by atoms with Gasteiger partial charge in [0.15, 0.2) is 0 Å². The first-order valence-electron chi connectivity index (χ1n) is 9.47. The van der Waals surface area contributed by atoms with Crippen molar-refractivity contribution in [2.45, 2.75) is 70.1 Å². The maximum Gasteiger partial charge on any atom is 0.251 e. The van der Waals surface area contributed by atoms with Crippen LogP contribution in [0.15, 0.2) is 24.3 Å². The summed E-state index contributed by atoms with van der Waals surface area (Å²) in [5, 5.41) is 15.6. The van der Waals surface area contributed by atoms with Crippen molar-refractivity contribution in [3.8, 4) is 0 Å². The van der Waals surface area contributed by atoms with Crippen LogP contribution in [0.25, 0.3) is 0 Å². The summed E-state index contributed by atoms with van der Waals surface area (Å²) in [5.41, 5.74) is 1.64. The van der Waals surface area contributed by atoms with E-state index in [1.807, 2.05) is 24.3 Å². The van der Waals surface area contributed by atoms with Gasteiger partial charge >= 0.3 is 0 Å². The lowest BCUT2D eigenvalue weighted by atomic mass is 9.93. The summed E-state index contributed by atoms with van der Waals surface area (Å²) in [6, 6.07) is 7.57. The van der Waals surface area contributed by atoms with Crippen LogP contribution in [0.3, 0.4) is 0 Å². The molecule has 136 valence electrons. The van der Waals surface area contributed by atoms with Gasteiger partial charge in [-0.3, -0.25) is 9.59 Å². The van der Waals surface area contributed by atoms with Crippen LogP contribution < -0.4 is 10.6 Å². The zero-order valence-electron chi connectivity index (χ0n) is 14.7. The van der Waals surface area contributed by atoms with E-state index in [9.17, 15) is 14.7 Å². The molecule has 2 fully saturated rings. The van der Waals surface area contributed by atoms with Crippen molar-refractivity contribution in [3.63, 3.8) is 0 Å². The minimum Gasteiger partial charge on any atom is -0.393 e. The van der Waals surface area contributed by atoms with E-state index >= 15 is 0 Å². The second kappa shape index (κ2) is 8.48. The third-order valence-corrected chi connectivity index (χ3v) is 5.44. The fraction of sp³-hybridized carbons (Fsp3) is 0.600. The van der Waals surface area contributed by atoms with Crippen LogP contribution >= 0.6 is 0 Å². The van der Waals surface area contributed by atoms with Crippen molar-refractivity contribution in [1.29, 1.82) is 0 Å². The van der Waals surface area contributed by atoms with Gasteiger partial charge in [-0.15, -0.1) is 0 Å². The molecule has 0 unspecified atom stereocenters. The Hall–Kier alpha value is -1.88. The van der Waals surface area contributed by atoms with Crippen molar-refractivity contribution in [1.82, 2.24) is 10.6 Å². The summed E-state index contributed by atoms with van der Waals surface area (Å²) < 4.78 is 0. The van der Waals surface area contributed by atoms with E-state index in [2.05, 4.69) is 10.6 Å². The fourth-order valence-electron chi connectivity index (χ4n) is 3.78. The molecule has 0 aliphatic heterocycles. The van der Waals surface area contributed by atoms with Gasteiger partial charge in [0.1, 0.15) is 0 Å². The molecule has 0 saturated heterocycles. The van der Waals surface area contributed by atoms with E-state index in [1.165, 1.54) is 0 Å². The Morgan fingerprint density at radius 1 is 0.960 bits per heavy atom. The lowest BCUT2D eigenvalue weighted by molar-refractivity contribution is -0.124. The quantitative estimate of drug-likeness (QED) is 0.768. The predicted molar refractivity (Wildman–Crippen MR) is 96.0 cm³/mol. The number of rotatable bonds is 5. The summed E-state index contributed by atoms with van der Waals surface area (Å²) >= 11 is 0. The predicted octanol–water partition coefficient (Wildman–Crippen LogP) is 2.53. The van der Waals surface area contributed by atoms with Gasteiger partial charge in [-0.2, -0.15) is 0 Å². The Bertz CT molecular complexity index is 585. The molecule has 2 amide bonds. The average Bonchev–Trinajstić information content (AvgIpc) is 3.17. The van der Waals surface area contributed by atoms with Crippen molar-refractivity contribution in [2.24, 2.45) is 5.92 Å². The molecular formula is C20H28N2O3. The number of aliphatic hydroxyl groups excluding tert-OH is 1. The normalized spacial score (nSPS) is 24.0. The Balaban J connectivity index is 1.46. The molecule has 0 bridgehead atoms. The topological polar surface area (TPSA) is 78.4 Å². The summed E-state index contributed by atoms with van der Waals surface area (Å²) in [5.74, 6) is 0.265. The van der Waals surface area contributed by atoms with Gasteiger partial charge in [0.05, 0.1) is 6.10 Å². The number of hydrogen-bond acceptors (Lipinski definition) is 3. The molecule has 0 heterocycles. The third kappa shape index (κ3) is 5.05. The molecule has 2 saturated carbocycles. The molecule has 5 heteroatoms. The van der Waals surface area contributed by atoms with Gasteiger partial charge in [-0.05, 0) is 56.2 Å². The number of nitrogens with one attached hydrogen (secondary N) is 2. The molecule has 0 radical (unpaired) electrons. The van der Waals surface area contributed by atoms with Crippen molar-refractivity contribution in [3.05, 3.63) is 35.4 Å². The second-order valence-electron chi connectivity index (χ2n) is 7.38. The summed E-state index contributed by atoms with van der Waals surface area (Å²) in [6.07, 6.45) is 7.27. The van der Waals surface area contributed by atoms with E-state index in [1.54, 1.807) is 0 Å². The number of carbonyl (C=O) groups excluding carboxylic acids is 2. The number of amides is 2. The van der Waals surface area contributed by atoms with Gasteiger partial charge in [-0.1, -0.05) is 25.0 Å². The van der Waals surface area contributed by atoms with Crippen LogP contribution in [0, 0.1) is 5.92 Å². The van der Waals surface area contributed by atoms with Gasteiger partial charge in [0, 0.05) is 24.1 Å². The Morgan fingerprint density at radius 3 is 2.24 bits per heavy atom. The molecule has 3 rings (SSSR count). The maximum absolute atomic E-state index is 12.3. The van der Waals surface area contributed by atoms with Crippen molar-refractivity contribution >= 4 is 11.8 Å². The highest BCUT2D eigenvalue weighted by Crippen LogP contribution is 2.24. The van der Waals surface area contributed by atoms with Gasteiger partial charge in [-0.25, -0.2) is 0 Å². The van der Waals surface area contributed by atoms with Crippen LogP contribution in [0.4, 0.5) is 0 Å². The summed E-state index contributed by atoms with van der Waals surface area (Å²) in [4.78, 5) is 24.3. The summed E-state index contributed by atoms with van der Waals surface area (Å²) in [6.45, 7) is 0.512. The largest absolute Gasteiger partial charge is 0.393 e. The molecule has 2 aliphatic carbocycles. The fourth-order valence-corrected chi connectivity index (χ4v) is 3.78. The Morgan fingerprint density at radius 2 is 1.60 bits per heavy atom. The second-order valence-corrected chi connectivity index (χ2v) is 7.38. The zero-order valence-corrected chi connectivity index (χ0v) is 14.7. The number of aliphatic hydroxyl groups is 1. The van der Waals surface area contributed by atoms with Crippen LogP contribution in [-0.2, 0) is 11.3 Å². The smallest absolute Gasteiger partial charge is 0.251 e. The third-order valence-electron chi connectivity index (χ3n) is 5.44. The molecule has 1 aromatic rings. The molecule has 1 aromatic carbocycles. The first-order chi connectivity index (χ1) is 12.1. The standard InChI is InChI=1S/C20H28N2O3/c23-18-11-9-17(10-12-18)22-20(25)16-7-5-14(6-8-16)13-21-19(24)15-3-1-2-4-15/h5-8,15,17-18,23H,1-4,9-13H2,(H,21,24)(H,22,25). The van der Waals surface area contributed by atoms with Crippen LogP contribution in [-0.4, -0.2) is 29.1 Å². The maximum atomic E-state index is 12.3. The highest BCUT2D eigenvalue weighted by atomic mass is 16.3. The van der Waals surface area contributed by atoms with Gasteiger partial charge < -0.3 is 15.7 Å². The number of hydrogen-bond donors (Lipinski definition) is 3. The minimum absolute atomic E-state index is 0.0667. The molecule has 3 N–H and O–H groups in total. The van der Waals surface area contributed by atoms with Crippen LogP contribution in [0.2, 0.25) is 0 Å². The lowest BCUT2D eigenvalue weighted by Crippen LogP contribution is -2.38. The molecule has 0 spiro atoms. The van der Waals surface area contributed by atoms with E-state index < -0.39 is 0 Å². The van der Waals surface area contributed by atoms with Crippen LogP contribution in [0.1, 0.15) is 67.3 Å². The zero-order chi connectivity index (χ0) is 17.6.